The van der Waals surface area contributed by atoms with Gasteiger partial charge in [0.2, 0.25) is 0 Å². The molecule has 0 aromatic heterocycles. The Kier molecular flexibility index (Phi) is 5.39. The molecule has 0 amide bonds. The maximum atomic E-state index is 14.1. The van der Waals surface area contributed by atoms with Gasteiger partial charge in [-0.05, 0) is 53.4 Å². The van der Waals surface area contributed by atoms with Crippen LogP contribution in [0.3, 0.4) is 0 Å². The van der Waals surface area contributed by atoms with Crippen molar-refractivity contribution in [3.63, 3.8) is 0 Å². The zero-order valence-electron chi connectivity index (χ0n) is 12.8. The third kappa shape index (κ3) is 3.95. The van der Waals surface area contributed by atoms with E-state index in [-0.39, 0.29) is 10.3 Å². The molecule has 0 spiro atoms. The van der Waals surface area contributed by atoms with E-state index in [0.717, 1.165) is 12.8 Å². The van der Waals surface area contributed by atoms with Crippen LogP contribution < -0.4 is 0 Å². The third-order valence-corrected chi connectivity index (χ3v) is 6.32. The van der Waals surface area contributed by atoms with Gasteiger partial charge in [0.15, 0.2) is 0 Å². The lowest BCUT2D eigenvalue weighted by Crippen LogP contribution is -2.31. The van der Waals surface area contributed by atoms with E-state index in [4.69, 9.17) is 0 Å². The molecule has 1 aliphatic heterocycles. The lowest BCUT2D eigenvalue weighted by molar-refractivity contribution is 0.316. The Hall–Kier alpha value is -0.910. The average molecular weight is 398 g/mol. The lowest BCUT2D eigenvalue weighted by Gasteiger charge is -2.37. The summed E-state index contributed by atoms with van der Waals surface area (Å²) in [5.41, 5.74) is 1.69. The monoisotopic (exact) mass is 397 g/mol. The number of nitrogens with zero attached hydrogens (tertiary/aromatic N) is 1. The maximum Gasteiger partial charge on any atom is 0.137 e. The molecule has 0 saturated carbocycles. The van der Waals surface area contributed by atoms with Gasteiger partial charge < -0.3 is 0 Å². The number of rotatable bonds is 3. The second kappa shape index (κ2) is 7.32. The van der Waals surface area contributed by atoms with Gasteiger partial charge in [-0.2, -0.15) is 0 Å². The third-order valence-electron chi connectivity index (χ3n) is 4.19. The summed E-state index contributed by atoms with van der Waals surface area (Å²) in [6.45, 7) is 2.55. The summed E-state index contributed by atoms with van der Waals surface area (Å²) in [5, 5.41) is 0.371. The van der Waals surface area contributed by atoms with Crippen LogP contribution in [0.1, 0.15) is 36.1 Å². The molecule has 0 unspecified atom stereocenters. The van der Waals surface area contributed by atoms with Crippen molar-refractivity contribution >= 4 is 27.9 Å². The summed E-state index contributed by atoms with van der Waals surface area (Å²) in [6, 6.07) is 13.2. The van der Waals surface area contributed by atoms with Gasteiger partial charge in [0.1, 0.15) is 11.6 Å². The van der Waals surface area contributed by atoms with E-state index in [1.807, 2.05) is 18.2 Å². The van der Waals surface area contributed by atoms with Crippen LogP contribution in [0.15, 0.2) is 46.9 Å². The van der Waals surface area contributed by atoms with Crippen LogP contribution in [0, 0.1) is 11.6 Å². The van der Waals surface area contributed by atoms with Crippen molar-refractivity contribution in [3.8, 4) is 0 Å². The van der Waals surface area contributed by atoms with Crippen LogP contribution in [0.4, 0.5) is 8.78 Å². The fraction of sp³-hybridized carbons (Fsp3) is 0.333. The molecule has 3 rings (SSSR count). The van der Waals surface area contributed by atoms with Crippen LogP contribution >= 0.6 is 27.9 Å². The first-order valence-corrected chi connectivity index (χ1v) is 9.29. The quantitative estimate of drug-likeness (QED) is 0.454. The normalized spacial score (nSPS) is 22.3. The molecular weight excluding hydrogens is 380 g/mol. The van der Waals surface area contributed by atoms with Crippen molar-refractivity contribution < 1.29 is 8.78 Å². The van der Waals surface area contributed by atoms with Gasteiger partial charge in [0.25, 0.3) is 0 Å². The summed E-state index contributed by atoms with van der Waals surface area (Å²) in [5.74, 6) is -0.788. The Morgan fingerprint density at radius 1 is 1.13 bits per heavy atom. The van der Waals surface area contributed by atoms with Crippen molar-refractivity contribution in [2.75, 3.05) is 0 Å². The molecule has 23 heavy (non-hydrogen) atoms. The second-order valence-corrected chi connectivity index (χ2v) is 7.97. The highest BCUT2D eigenvalue weighted by Gasteiger charge is 2.28. The number of halogens is 3. The smallest absolute Gasteiger partial charge is 0.137 e. The molecule has 1 saturated heterocycles. The molecule has 2 aromatic carbocycles. The van der Waals surface area contributed by atoms with Crippen molar-refractivity contribution in [3.05, 3.63) is 69.7 Å². The summed E-state index contributed by atoms with van der Waals surface area (Å²) in [4.78, 5) is 0. The van der Waals surface area contributed by atoms with E-state index < -0.39 is 5.82 Å². The molecular formula is C18H18BrF2NS. The minimum absolute atomic E-state index is 0.167. The first-order chi connectivity index (χ1) is 11.0. The molecule has 2 atom stereocenters. The highest BCUT2D eigenvalue weighted by Crippen LogP contribution is 2.43. The highest BCUT2D eigenvalue weighted by molar-refractivity contribution is 9.10. The maximum absolute atomic E-state index is 14.1. The van der Waals surface area contributed by atoms with Gasteiger partial charge >= 0.3 is 0 Å². The van der Waals surface area contributed by atoms with Crippen LogP contribution in [-0.4, -0.2) is 10.3 Å². The minimum atomic E-state index is -0.421. The van der Waals surface area contributed by atoms with Crippen molar-refractivity contribution in [1.82, 2.24) is 4.31 Å². The topological polar surface area (TPSA) is 3.24 Å². The lowest BCUT2D eigenvalue weighted by atomic mass is 10.0. The standard InChI is InChI=1S/C18H18BrF2NS/c1-12-7-8-18(13-5-3-2-4-6-13)23-22(12)11-14-9-17(21)15(19)10-16(14)20/h2-6,9-10,12,18H,7-8,11H2,1H3/t12-,18+/m0/s1. The van der Waals surface area contributed by atoms with Gasteiger partial charge in [-0.3, -0.25) is 0 Å². The minimum Gasteiger partial charge on any atom is -0.243 e. The van der Waals surface area contributed by atoms with E-state index in [1.54, 1.807) is 11.9 Å². The molecule has 0 bridgehead atoms. The van der Waals surface area contributed by atoms with E-state index in [2.05, 4.69) is 39.3 Å². The van der Waals surface area contributed by atoms with E-state index in [0.29, 0.717) is 23.4 Å². The summed E-state index contributed by atoms with van der Waals surface area (Å²) < 4.78 is 30.2. The zero-order valence-corrected chi connectivity index (χ0v) is 15.2. The Morgan fingerprint density at radius 2 is 1.87 bits per heavy atom. The predicted molar refractivity (Wildman–Crippen MR) is 95.1 cm³/mol. The predicted octanol–water partition coefficient (Wildman–Crippen LogP) is 6.10. The van der Waals surface area contributed by atoms with Crippen LogP contribution in [0.2, 0.25) is 0 Å². The molecule has 5 heteroatoms. The van der Waals surface area contributed by atoms with Crippen molar-refractivity contribution in [1.29, 1.82) is 0 Å². The van der Waals surface area contributed by atoms with Gasteiger partial charge in [-0.15, -0.1) is 0 Å². The fourth-order valence-corrected chi connectivity index (χ4v) is 4.49. The van der Waals surface area contributed by atoms with Crippen molar-refractivity contribution in [2.24, 2.45) is 0 Å². The number of hydrogen-bond acceptors (Lipinski definition) is 2. The number of hydrogen-bond donors (Lipinski definition) is 0. The molecule has 2 aromatic rings. The molecule has 1 aliphatic rings. The van der Waals surface area contributed by atoms with E-state index >= 15 is 0 Å². The molecule has 1 nitrogen and oxygen atoms in total. The zero-order chi connectivity index (χ0) is 16.4. The second-order valence-electron chi connectivity index (χ2n) is 5.86. The summed E-state index contributed by atoms with van der Waals surface area (Å²) >= 11 is 4.76. The Labute approximate surface area is 148 Å². The molecule has 122 valence electrons. The number of benzene rings is 2. The largest absolute Gasteiger partial charge is 0.243 e. The fourth-order valence-electron chi connectivity index (χ4n) is 2.80. The average Bonchev–Trinajstić information content (AvgIpc) is 2.55. The molecule has 1 fully saturated rings. The first kappa shape index (κ1) is 16.9. The Morgan fingerprint density at radius 3 is 2.61 bits per heavy atom. The van der Waals surface area contributed by atoms with Crippen LogP contribution in [0.5, 0.6) is 0 Å². The molecule has 1 heterocycles. The molecule has 0 aliphatic carbocycles. The van der Waals surface area contributed by atoms with Crippen LogP contribution in [0.25, 0.3) is 0 Å². The van der Waals surface area contributed by atoms with E-state index in [9.17, 15) is 8.78 Å². The van der Waals surface area contributed by atoms with E-state index in [1.165, 1.54) is 17.7 Å². The van der Waals surface area contributed by atoms with Gasteiger partial charge in [-0.25, -0.2) is 13.1 Å². The molecule has 0 radical (unpaired) electrons. The van der Waals surface area contributed by atoms with Gasteiger partial charge in [0, 0.05) is 23.4 Å². The van der Waals surface area contributed by atoms with Crippen molar-refractivity contribution in [2.45, 2.75) is 37.6 Å². The van der Waals surface area contributed by atoms with Gasteiger partial charge in [-0.1, -0.05) is 42.3 Å². The summed E-state index contributed by atoms with van der Waals surface area (Å²) in [6.07, 6.45) is 2.15. The highest BCUT2D eigenvalue weighted by atomic mass is 79.9. The first-order valence-electron chi connectivity index (χ1n) is 7.66. The SMILES string of the molecule is C[C@H]1CC[C@H](c2ccccc2)SN1Cc1cc(F)c(Br)cc1F. The Balaban J connectivity index is 1.77. The van der Waals surface area contributed by atoms with Crippen LogP contribution in [-0.2, 0) is 6.54 Å². The Bertz CT molecular complexity index is 680. The summed E-state index contributed by atoms with van der Waals surface area (Å²) in [7, 11) is 0. The van der Waals surface area contributed by atoms with Gasteiger partial charge in [0.05, 0.1) is 4.47 Å². The molecule has 0 N–H and O–H groups in total.